The van der Waals surface area contributed by atoms with Crippen LogP contribution < -0.4 is 10.3 Å². The fourth-order valence-electron chi connectivity index (χ4n) is 5.11. The van der Waals surface area contributed by atoms with Crippen LogP contribution >= 0.6 is 0 Å². The number of amides is 1. The topological polar surface area (TPSA) is 70.6 Å². The van der Waals surface area contributed by atoms with Gasteiger partial charge in [-0.1, -0.05) is 0 Å². The second-order valence-corrected chi connectivity index (χ2v) is 9.16. The average Bonchev–Trinajstić information content (AvgIpc) is 3.52. The number of hydrogen-bond acceptors (Lipinski definition) is 4. The highest BCUT2D eigenvalue weighted by molar-refractivity contribution is 5.93. The minimum absolute atomic E-state index is 0.0198. The third-order valence-electron chi connectivity index (χ3n) is 6.95. The van der Waals surface area contributed by atoms with Gasteiger partial charge in [0.25, 0.3) is 5.91 Å². The van der Waals surface area contributed by atoms with Gasteiger partial charge in [-0.3, -0.25) is 9.59 Å². The number of rotatable bonds is 7. The first-order chi connectivity index (χ1) is 16.2. The molecule has 0 unspecified atom stereocenters. The van der Waals surface area contributed by atoms with Crippen LogP contribution in [-0.4, -0.2) is 64.6 Å². The highest BCUT2D eigenvalue weighted by Crippen LogP contribution is 2.30. The third kappa shape index (κ3) is 4.98. The number of likely N-dealkylation sites (tertiary alicyclic amines) is 2. The molecular formula is C26H32N4O3. The molecule has 2 aromatic heterocycles. The quantitative estimate of drug-likeness (QED) is 0.560. The SMILES string of the molecule is O=C(c1ccc(=O)[nH]c1)N1CCC(n2ccc3cc(OCCCN4CCCC4)ccc32)CC1. The molecule has 0 radical (unpaired) electrons. The number of piperidine rings is 1. The molecule has 4 heterocycles. The standard InChI is InChI=1S/C26H32N4O3/c31-25-7-4-21(19-27-25)26(32)29-14-9-22(10-15-29)30-16-8-20-18-23(5-6-24(20)30)33-17-3-13-28-11-1-2-12-28/h4-8,16,18-19,22H,1-3,9-15,17H2,(H,27,31). The van der Waals surface area contributed by atoms with Crippen molar-refractivity contribution in [3.63, 3.8) is 0 Å². The maximum absolute atomic E-state index is 12.7. The van der Waals surface area contributed by atoms with E-state index in [1.165, 1.54) is 49.1 Å². The fraction of sp³-hybridized carbons (Fsp3) is 0.462. The monoisotopic (exact) mass is 448 g/mol. The third-order valence-corrected chi connectivity index (χ3v) is 6.95. The number of nitrogens with one attached hydrogen (secondary N) is 1. The van der Waals surface area contributed by atoms with Crippen molar-refractivity contribution >= 4 is 16.8 Å². The number of aromatic nitrogens is 2. The van der Waals surface area contributed by atoms with Crippen LogP contribution in [0.2, 0.25) is 0 Å². The predicted molar refractivity (Wildman–Crippen MR) is 129 cm³/mol. The molecule has 2 saturated heterocycles. The minimum Gasteiger partial charge on any atom is -0.494 e. The van der Waals surface area contributed by atoms with Crippen LogP contribution in [0.25, 0.3) is 10.9 Å². The van der Waals surface area contributed by atoms with Gasteiger partial charge in [-0.2, -0.15) is 0 Å². The van der Waals surface area contributed by atoms with Crippen LogP contribution in [0.1, 0.15) is 48.5 Å². The smallest absolute Gasteiger partial charge is 0.255 e. The van der Waals surface area contributed by atoms with Crippen molar-refractivity contribution in [2.75, 3.05) is 39.3 Å². The molecule has 1 amide bonds. The molecule has 33 heavy (non-hydrogen) atoms. The predicted octanol–water partition coefficient (Wildman–Crippen LogP) is 3.67. The van der Waals surface area contributed by atoms with E-state index in [-0.39, 0.29) is 11.5 Å². The zero-order valence-corrected chi connectivity index (χ0v) is 19.0. The number of ether oxygens (including phenoxy) is 1. The lowest BCUT2D eigenvalue weighted by atomic mass is 10.0. The second kappa shape index (κ2) is 9.83. The van der Waals surface area contributed by atoms with Crippen LogP contribution in [0.15, 0.2) is 53.6 Å². The molecule has 0 bridgehead atoms. The Balaban J connectivity index is 1.16. The highest BCUT2D eigenvalue weighted by Gasteiger charge is 2.25. The molecule has 5 rings (SSSR count). The largest absolute Gasteiger partial charge is 0.494 e. The summed E-state index contributed by atoms with van der Waals surface area (Å²) in [6.07, 6.45) is 9.21. The second-order valence-electron chi connectivity index (χ2n) is 9.16. The molecular weight excluding hydrogens is 416 g/mol. The Bertz CT molecular complexity index is 1130. The summed E-state index contributed by atoms with van der Waals surface area (Å²) in [5, 5.41) is 1.19. The zero-order valence-electron chi connectivity index (χ0n) is 19.0. The summed E-state index contributed by atoms with van der Waals surface area (Å²) in [4.78, 5) is 30.9. The summed E-state index contributed by atoms with van der Waals surface area (Å²) in [7, 11) is 0. The van der Waals surface area contributed by atoms with Crippen molar-refractivity contribution in [2.45, 2.75) is 38.1 Å². The van der Waals surface area contributed by atoms with Crippen molar-refractivity contribution in [1.29, 1.82) is 0 Å². The molecule has 7 heteroatoms. The molecule has 0 saturated carbocycles. The van der Waals surface area contributed by atoms with Crippen LogP contribution in [0.5, 0.6) is 5.75 Å². The van der Waals surface area contributed by atoms with Gasteiger partial charge < -0.3 is 24.1 Å². The zero-order chi connectivity index (χ0) is 22.6. The number of benzene rings is 1. The summed E-state index contributed by atoms with van der Waals surface area (Å²) in [5.41, 5.74) is 1.55. The molecule has 3 aromatic rings. The number of pyridine rings is 1. The van der Waals surface area contributed by atoms with Gasteiger partial charge in [-0.15, -0.1) is 0 Å². The van der Waals surface area contributed by atoms with E-state index < -0.39 is 0 Å². The number of carbonyl (C=O) groups is 1. The highest BCUT2D eigenvalue weighted by atomic mass is 16.5. The van der Waals surface area contributed by atoms with E-state index >= 15 is 0 Å². The number of fused-ring (bicyclic) bond motifs is 1. The van der Waals surface area contributed by atoms with Crippen LogP contribution in [0.3, 0.4) is 0 Å². The molecule has 2 aliphatic rings. The Morgan fingerprint density at radius 3 is 2.61 bits per heavy atom. The molecule has 2 aliphatic heterocycles. The molecule has 7 nitrogen and oxygen atoms in total. The van der Waals surface area contributed by atoms with Gasteiger partial charge in [0, 0.05) is 55.0 Å². The summed E-state index contributed by atoms with van der Waals surface area (Å²) in [5.74, 6) is 0.913. The van der Waals surface area contributed by atoms with Crippen LogP contribution in [0.4, 0.5) is 0 Å². The van der Waals surface area contributed by atoms with Crippen molar-refractivity contribution in [1.82, 2.24) is 19.4 Å². The van der Waals surface area contributed by atoms with E-state index in [9.17, 15) is 9.59 Å². The Morgan fingerprint density at radius 2 is 1.85 bits per heavy atom. The number of nitrogens with zero attached hydrogens (tertiary/aromatic N) is 3. The first-order valence-corrected chi connectivity index (χ1v) is 12.1. The Labute approximate surface area is 193 Å². The normalized spacial score (nSPS) is 17.6. The van der Waals surface area contributed by atoms with E-state index in [0.717, 1.165) is 38.2 Å². The van der Waals surface area contributed by atoms with Crippen LogP contribution in [-0.2, 0) is 0 Å². The number of hydrogen-bond donors (Lipinski definition) is 1. The van der Waals surface area contributed by atoms with E-state index in [2.05, 4.69) is 44.9 Å². The van der Waals surface area contributed by atoms with E-state index in [1.807, 2.05) is 4.90 Å². The molecule has 1 N–H and O–H groups in total. The average molecular weight is 449 g/mol. The van der Waals surface area contributed by atoms with Crippen LogP contribution in [0, 0.1) is 0 Å². The number of aromatic amines is 1. The molecule has 0 spiro atoms. The Morgan fingerprint density at radius 1 is 1.03 bits per heavy atom. The first-order valence-electron chi connectivity index (χ1n) is 12.1. The van der Waals surface area contributed by atoms with Gasteiger partial charge in [0.2, 0.25) is 5.56 Å². The molecule has 0 aliphatic carbocycles. The van der Waals surface area contributed by atoms with Gasteiger partial charge in [0.15, 0.2) is 0 Å². The summed E-state index contributed by atoms with van der Waals surface area (Å²) < 4.78 is 8.36. The Kier molecular flexibility index (Phi) is 6.48. The molecule has 1 aromatic carbocycles. The first kappa shape index (κ1) is 21.8. The maximum Gasteiger partial charge on any atom is 0.255 e. The van der Waals surface area contributed by atoms with Gasteiger partial charge in [-0.25, -0.2) is 0 Å². The van der Waals surface area contributed by atoms with Gasteiger partial charge >= 0.3 is 0 Å². The Hall–Kier alpha value is -3.06. The summed E-state index contributed by atoms with van der Waals surface area (Å²) in [6.45, 7) is 5.77. The van der Waals surface area contributed by atoms with Crippen molar-refractivity contribution in [2.24, 2.45) is 0 Å². The van der Waals surface area contributed by atoms with Gasteiger partial charge in [0.1, 0.15) is 5.75 Å². The lowest BCUT2D eigenvalue weighted by Crippen LogP contribution is -2.39. The molecule has 0 atom stereocenters. The van der Waals surface area contributed by atoms with Crippen molar-refractivity contribution in [3.8, 4) is 5.75 Å². The summed E-state index contributed by atoms with van der Waals surface area (Å²) >= 11 is 0. The molecule has 2 fully saturated rings. The van der Waals surface area contributed by atoms with Gasteiger partial charge in [0.05, 0.1) is 12.2 Å². The lowest BCUT2D eigenvalue weighted by Gasteiger charge is -2.33. The maximum atomic E-state index is 12.7. The van der Waals surface area contributed by atoms with Crippen molar-refractivity contribution in [3.05, 3.63) is 64.7 Å². The van der Waals surface area contributed by atoms with E-state index in [1.54, 1.807) is 6.07 Å². The fourth-order valence-corrected chi connectivity index (χ4v) is 5.11. The van der Waals surface area contributed by atoms with E-state index in [0.29, 0.717) is 24.7 Å². The van der Waals surface area contributed by atoms with Crippen molar-refractivity contribution < 1.29 is 9.53 Å². The number of H-pyrrole nitrogens is 1. The summed E-state index contributed by atoms with van der Waals surface area (Å²) in [6, 6.07) is 11.9. The molecule has 174 valence electrons. The lowest BCUT2D eigenvalue weighted by molar-refractivity contribution is 0.0695. The van der Waals surface area contributed by atoms with Gasteiger partial charge in [-0.05, 0) is 75.5 Å². The minimum atomic E-state index is -0.194. The number of carbonyl (C=O) groups excluding carboxylic acids is 1. The van der Waals surface area contributed by atoms with E-state index in [4.69, 9.17) is 4.74 Å².